The number of nitrogens with two attached hydrogens (primary N) is 1. The lowest BCUT2D eigenvalue weighted by Crippen LogP contribution is -2.49. The molecule has 2 unspecified atom stereocenters. The summed E-state index contributed by atoms with van der Waals surface area (Å²) < 4.78 is 0. The molecule has 0 aromatic rings. The van der Waals surface area contributed by atoms with Gasteiger partial charge in [-0.1, -0.05) is 40.0 Å². The van der Waals surface area contributed by atoms with Gasteiger partial charge in [0.05, 0.1) is 6.04 Å². The molecule has 0 bridgehead atoms. The van der Waals surface area contributed by atoms with Crippen LogP contribution in [0.4, 0.5) is 0 Å². The zero-order valence-electron chi connectivity index (χ0n) is 11.5. The number of hydrogen-bond donors (Lipinski definition) is 2. The zero-order valence-corrected chi connectivity index (χ0v) is 11.5. The van der Waals surface area contributed by atoms with Crippen molar-refractivity contribution in [2.75, 3.05) is 0 Å². The molecule has 100 valence electrons. The lowest BCUT2D eigenvalue weighted by atomic mass is 9.82. The highest BCUT2D eigenvalue weighted by Crippen LogP contribution is 2.26. The molecule has 0 aromatic heterocycles. The monoisotopic (exact) mass is 240 g/mol. The van der Waals surface area contributed by atoms with Crippen LogP contribution in [-0.2, 0) is 4.79 Å². The lowest BCUT2D eigenvalue weighted by Gasteiger charge is -2.32. The summed E-state index contributed by atoms with van der Waals surface area (Å²) in [7, 11) is 0. The summed E-state index contributed by atoms with van der Waals surface area (Å²) in [6.07, 6.45) is 6.85. The molecule has 1 amide bonds. The number of carbonyl (C=O) groups excluding carboxylic acids is 1. The van der Waals surface area contributed by atoms with E-state index in [-0.39, 0.29) is 11.9 Å². The van der Waals surface area contributed by atoms with Crippen LogP contribution in [0, 0.1) is 11.8 Å². The highest BCUT2D eigenvalue weighted by atomic mass is 16.2. The van der Waals surface area contributed by atoms with Crippen molar-refractivity contribution in [1.29, 1.82) is 0 Å². The van der Waals surface area contributed by atoms with Crippen LogP contribution in [0.25, 0.3) is 0 Å². The molecule has 0 aromatic carbocycles. The van der Waals surface area contributed by atoms with Crippen molar-refractivity contribution in [3.05, 3.63) is 0 Å². The normalized spacial score (nSPS) is 26.9. The summed E-state index contributed by atoms with van der Waals surface area (Å²) in [6.45, 7) is 6.41. The predicted octanol–water partition coefficient (Wildman–Crippen LogP) is 2.44. The van der Waals surface area contributed by atoms with Gasteiger partial charge < -0.3 is 11.1 Å². The summed E-state index contributed by atoms with van der Waals surface area (Å²) >= 11 is 0. The van der Waals surface area contributed by atoms with E-state index >= 15 is 0 Å². The molecule has 0 saturated heterocycles. The minimum Gasteiger partial charge on any atom is -0.352 e. The second kappa shape index (κ2) is 7.00. The van der Waals surface area contributed by atoms with E-state index in [9.17, 15) is 4.79 Å². The Morgan fingerprint density at radius 3 is 2.59 bits per heavy atom. The first-order chi connectivity index (χ1) is 8.04. The van der Waals surface area contributed by atoms with Gasteiger partial charge in [0.2, 0.25) is 5.91 Å². The van der Waals surface area contributed by atoms with E-state index in [2.05, 4.69) is 26.1 Å². The van der Waals surface area contributed by atoms with Crippen LogP contribution < -0.4 is 11.1 Å². The molecular weight excluding hydrogens is 212 g/mol. The fraction of sp³-hybridized carbons (Fsp3) is 0.929. The van der Waals surface area contributed by atoms with E-state index in [1.165, 1.54) is 19.3 Å². The Hall–Kier alpha value is -0.570. The van der Waals surface area contributed by atoms with Gasteiger partial charge in [0.1, 0.15) is 0 Å². The number of carbonyl (C=O) groups is 1. The summed E-state index contributed by atoms with van der Waals surface area (Å²) in [4.78, 5) is 12.0. The van der Waals surface area contributed by atoms with Crippen LogP contribution >= 0.6 is 0 Å². The van der Waals surface area contributed by atoms with Crippen molar-refractivity contribution in [2.24, 2.45) is 17.6 Å². The van der Waals surface area contributed by atoms with Gasteiger partial charge >= 0.3 is 0 Å². The van der Waals surface area contributed by atoms with E-state index in [1.54, 1.807) is 0 Å². The fourth-order valence-electron chi connectivity index (χ4n) is 2.79. The van der Waals surface area contributed by atoms with E-state index < -0.39 is 0 Å². The molecule has 1 saturated carbocycles. The maximum atomic E-state index is 12.0. The van der Waals surface area contributed by atoms with E-state index in [4.69, 9.17) is 5.73 Å². The van der Waals surface area contributed by atoms with Crippen LogP contribution in [-0.4, -0.2) is 18.0 Å². The molecule has 3 atom stereocenters. The Bertz CT molecular complexity index is 240. The van der Waals surface area contributed by atoms with Gasteiger partial charge in [-0.25, -0.2) is 0 Å². The van der Waals surface area contributed by atoms with Crippen molar-refractivity contribution in [2.45, 2.75) is 71.4 Å². The molecule has 3 N–H and O–H groups in total. The number of nitrogens with one attached hydrogen (secondary N) is 1. The third-order valence-corrected chi connectivity index (χ3v) is 3.82. The van der Waals surface area contributed by atoms with Gasteiger partial charge in [-0.15, -0.1) is 0 Å². The van der Waals surface area contributed by atoms with Crippen LogP contribution in [0.3, 0.4) is 0 Å². The Balaban J connectivity index is 2.43. The molecule has 1 rings (SSSR count). The first-order valence-electron chi connectivity index (χ1n) is 7.10. The third-order valence-electron chi connectivity index (χ3n) is 3.82. The van der Waals surface area contributed by atoms with Crippen molar-refractivity contribution in [1.82, 2.24) is 5.32 Å². The largest absolute Gasteiger partial charge is 0.352 e. The standard InChI is InChI=1S/C14H28N2O/c1-4-11-7-5-6-8-13(11)16-14(17)12(15)9-10(2)3/h10-13H,4-9,15H2,1-3H3,(H,16,17)/t11?,12-,13?/m1/s1. The maximum Gasteiger partial charge on any atom is 0.237 e. The predicted molar refractivity (Wildman–Crippen MR) is 71.6 cm³/mol. The molecule has 0 aliphatic heterocycles. The van der Waals surface area contributed by atoms with Crippen molar-refractivity contribution >= 4 is 5.91 Å². The van der Waals surface area contributed by atoms with Crippen LogP contribution in [0.5, 0.6) is 0 Å². The molecule has 0 radical (unpaired) electrons. The van der Waals surface area contributed by atoms with Crippen molar-refractivity contribution < 1.29 is 4.79 Å². The topological polar surface area (TPSA) is 55.1 Å². The van der Waals surface area contributed by atoms with Gasteiger partial charge in [-0.05, 0) is 31.1 Å². The molecule has 17 heavy (non-hydrogen) atoms. The molecule has 1 aliphatic rings. The highest BCUT2D eigenvalue weighted by molar-refractivity contribution is 5.81. The van der Waals surface area contributed by atoms with Gasteiger partial charge in [0, 0.05) is 6.04 Å². The molecule has 3 nitrogen and oxygen atoms in total. The second-order valence-corrected chi connectivity index (χ2v) is 5.80. The van der Waals surface area contributed by atoms with E-state index in [0.717, 1.165) is 19.3 Å². The Morgan fingerprint density at radius 2 is 2.00 bits per heavy atom. The quantitative estimate of drug-likeness (QED) is 0.775. The average Bonchev–Trinajstić information content (AvgIpc) is 2.28. The molecule has 1 fully saturated rings. The number of amides is 1. The number of rotatable bonds is 5. The summed E-state index contributed by atoms with van der Waals surface area (Å²) in [6, 6.07) is 0.0221. The van der Waals surface area contributed by atoms with E-state index in [1.807, 2.05) is 0 Å². The van der Waals surface area contributed by atoms with Crippen LogP contribution in [0.15, 0.2) is 0 Å². The maximum absolute atomic E-state index is 12.0. The first-order valence-corrected chi connectivity index (χ1v) is 7.10. The van der Waals surface area contributed by atoms with Gasteiger partial charge in [0.15, 0.2) is 0 Å². The minimum absolute atomic E-state index is 0.0454. The second-order valence-electron chi connectivity index (χ2n) is 5.80. The molecule has 0 spiro atoms. The summed E-state index contributed by atoms with van der Waals surface area (Å²) in [5.74, 6) is 1.17. The van der Waals surface area contributed by atoms with Crippen molar-refractivity contribution in [3.63, 3.8) is 0 Å². The van der Waals surface area contributed by atoms with Gasteiger partial charge in [-0.2, -0.15) is 0 Å². The minimum atomic E-state index is -0.338. The molecule has 0 heterocycles. The van der Waals surface area contributed by atoms with Crippen LogP contribution in [0.2, 0.25) is 0 Å². The third kappa shape index (κ3) is 4.66. The Labute approximate surface area is 106 Å². The van der Waals surface area contributed by atoms with Gasteiger partial charge in [-0.3, -0.25) is 4.79 Å². The molecular formula is C14H28N2O. The first kappa shape index (κ1) is 14.5. The Morgan fingerprint density at radius 1 is 1.35 bits per heavy atom. The summed E-state index contributed by atoms with van der Waals surface area (Å²) in [5.41, 5.74) is 5.91. The Kier molecular flexibility index (Phi) is 5.96. The fourth-order valence-corrected chi connectivity index (χ4v) is 2.79. The average molecular weight is 240 g/mol. The lowest BCUT2D eigenvalue weighted by molar-refractivity contribution is -0.124. The smallest absolute Gasteiger partial charge is 0.237 e. The SMILES string of the molecule is CCC1CCCCC1NC(=O)[C@H](N)CC(C)C. The van der Waals surface area contributed by atoms with Crippen molar-refractivity contribution in [3.8, 4) is 0 Å². The zero-order chi connectivity index (χ0) is 12.8. The summed E-state index contributed by atoms with van der Waals surface area (Å²) in [5, 5.41) is 3.16. The van der Waals surface area contributed by atoms with E-state index in [0.29, 0.717) is 17.9 Å². The van der Waals surface area contributed by atoms with Gasteiger partial charge in [0.25, 0.3) is 0 Å². The van der Waals surface area contributed by atoms with Crippen LogP contribution in [0.1, 0.15) is 59.3 Å². The molecule has 1 aliphatic carbocycles. The highest BCUT2D eigenvalue weighted by Gasteiger charge is 2.26. The number of hydrogen-bond acceptors (Lipinski definition) is 2. The molecule has 3 heteroatoms.